The molecular formula is C24H29N3O4S. The van der Waals surface area contributed by atoms with Crippen LogP contribution in [0.1, 0.15) is 38.2 Å². The number of aryl methyl sites for hydroxylation is 1. The number of piperidine rings is 1. The maximum absolute atomic E-state index is 12.2. The van der Waals surface area contributed by atoms with Crippen molar-refractivity contribution < 1.29 is 19.5 Å². The van der Waals surface area contributed by atoms with Crippen LogP contribution in [0.3, 0.4) is 0 Å². The van der Waals surface area contributed by atoms with E-state index in [2.05, 4.69) is 41.4 Å². The number of nitrogens with zero attached hydrogens (tertiary/aromatic N) is 1. The molecule has 1 aromatic rings. The maximum Gasteiger partial charge on any atom is 0.334 e. The van der Waals surface area contributed by atoms with E-state index in [0.717, 1.165) is 55.7 Å². The molecule has 0 aliphatic carbocycles. The fourth-order valence-electron chi connectivity index (χ4n) is 4.96. The van der Waals surface area contributed by atoms with Crippen LogP contribution in [0.25, 0.3) is 0 Å². The predicted molar refractivity (Wildman–Crippen MR) is 123 cm³/mol. The van der Waals surface area contributed by atoms with Crippen LogP contribution < -0.4 is 11.1 Å². The number of hydrogen-bond donors (Lipinski definition) is 3. The number of fused-ring (bicyclic) bond motifs is 4. The molecule has 2 amide bonds. The molecule has 7 nitrogen and oxygen atoms in total. The van der Waals surface area contributed by atoms with Crippen LogP contribution in [-0.2, 0) is 20.8 Å². The van der Waals surface area contributed by atoms with Crippen LogP contribution in [-0.4, -0.2) is 46.3 Å². The number of aliphatic carboxylic acids is 1. The number of carboxylic acid groups (broad SMARTS) is 1. The van der Waals surface area contributed by atoms with Gasteiger partial charge in [-0.1, -0.05) is 49.0 Å². The lowest BCUT2D eigenvalue weighted by molar-refractivity contribution is -0.137. The zero-order valence-electron chi connectivity index (χ0n) is 18.2. The Hall–Kier alpha value is -2.74. The van der Waals surface area contributed by atoms with Gasteiger partial charge >= 0.3 is 17.8 Å². The third-order valence-electron chi connectivity index (χ3n) is 6.53. The molecule has 2 bridgehead atoms. The number of allylic oxidation sites excluding steroid dienone is 2. The fraction of sp³-hybridized carbons (Fsp3) is 0.458. The van der Waals surface area contributed by atoms with Gasteiger partial charge in [-0.05, 0) is 49.2 Å². The molecular weight excluding hydrogens is 426 g/mol. The van der Waals surface area contributed by atoms with Crippen molar-refractivity contribution in [2.24, 2.45) is 17.6 Å². The summed E-state index contributed by atoms with van der Waals surface area (Å²) in [5.41, 5.74) is 8.63. The Bertz CT molecular complexity index is 988. The summed E-state index contributed by atoms with van der Waals surface area (Å²) < 4.78 is 0. The molecule has 170 valence electrons. The van der Waals surface area contributed by atoms with Gasteiger partial charge < -0.3 is 21.1 Å². The van der Waals surface area contributed by atoms with E-state index >= 15 is 0 Å². The summed E-state index contributed by atoms with van der Waals surface area (Å²) in [7, 11) is 0. The molecule has 1 fully saturated rings. The van der Waals surface area contributed by atoms with E-state index in [1.165, 1.54) is 23.0 Å². The van der Waals surface area contributed by atoms with Gasteiger partial charge in [0, 0.05) is 29.6 Å². The topological polar surface area (TPSA) is 113 Å². The number of primary amides is 1. The van der Waals surface area contributed by atoms with Gasteiger partial charge in [-0.3, -0.25) is 9.59 Å². The van der Waals surface area contributed by atoms with E-state index in [0.29, 0.717) is 5.92 Å². The second-order valence-corrected chi connectivity index (χ2v) is 9.98. The second kappa shape index (κ2) is 9.40. The summed E-state index contributed by atoms with van der Waals surface area (Å²) in [5.74, 6) is -2.56. The smallest absolute Gasteiger partial charge is 0.334 e. The lowest BCUT2D eigenvalue weighted by atomic mass is 9.81. The zero-order chi connectivity index (χ0) is 22.8. The number of nitrogens with two attached hydrogens (primary N) is 1. The lowest BCUT2D eigenvalue weighted by Gasteiger charge is -2.43. The van der Waals surface area contributed by atoms with Gasteiger partial charge in [0.15, 0.2) is 0 Å². The van der Waals surface area contributed by atoms with Crippen molar-refractivity contribution in [3.8, 4) is 0 Å². The Kier molecular flexibility index (Phi) is 6.60. The fourth-order valence-corrected chi connectivity index (χ4v) is 6.46. The first-order valence-corrected chi connectivity index (χ1v) is 12.0. The highest BCUT2D eigenvalue weighted by atomic mass is 32.2. The first-order valence-electron chi connectivity index (χ1n) is 11.1. The summed E-state index contributed by atoms with van der Waals surface area (Å²) in [6, 6.07) is 10.4. The quantitative estimate of drug-likeness (QED) is 0.545. The number of hydrogen-bond acceptors (Lipinski definition) is 5. The van der Waals surface area contributed by atoms with Crippen molar-refractivity contribution in [2.45, 2.75) is 44.4 Å². The SMILES string of the molecule is CC(CCc1ccccc1)CC1=C2SC(NC(=O)C(N)=O)C(C(=O)O)=C2C2CCCN1C2. The summed E-state index contributed by atoms with van der Waals surface area (Å²) >= 11 is 1.34. The molecule has 0 radical (unpaired) electrons. The summed E-state index contributed by atoms with van der Waals surface area (Å²) in [4.78, 5) is 38.8. The average Bonchev–Trinajstić information content (AvgIpc) is 3.15. The number of amides is 2. The highest BCUT2D eigenvalue weighted by molar-refractivity contribution is 8.04. The van der Waals surface area contributed by atoms with E-state index in [1.54, 1.807) is 0 Å². The van der Waals surface area contributed by atoms with Gasteiger partial charge in [0.25, 0.3) is 0 Å². The van der Waals surface area contributed by atoms with Crippen molar-refractivity contribution in [3.05, 3.63) is 57.6 Å². The largest absolute Gasteiger partial charge is 0.478 e. The van der Waals surface area contributed by atoms with Crippen LogP contribution in [0.2, 0.25) is 0 Å². The predicted octanol–water partition coefficient (Wildman–Crippen LogP) is 2.64. The van der Waals surface area contributed by atoms with Gasteiger partial charge in [-0.2, -0.15) is 0 Å². The van der Waals surface area contributed by atoms with Crippen molar-refractivity contribution >= 4 is 29.5 Å². The number of carbonyl (C=O) groups excluding carboxylic acids is 2. The molecule has 3 aliphatic heterocycles. The van der Waals surface area contributed by atoms with Crippen LogP contribution in [0, 0.1) is 11.8 Å². The minimum absolute atomic E-state index is 0.135. The second-order valence-electron chi connectivity index (χ2n) is 8.86. The summed E-state index contributed by atoms with van der Waals surface area (Å²) in [6.45, 7) is 4.02. The molecule has 4 N–H and O–H groups in total. The number of rotatable bonds is 7. The van der Waals surface area contributed by atoms with Gasteiger partial charge in [-0.25, -0.2) is 4.79 Å². The van der Waals surface area contributed by atoms with E-state index in [-0.39, 0.29) is 11.5 Å². The molecule has 32 heavy (non-hydrogen) atoms. The summed E-state index contributed by atoms with van der Waals surface area (Å²) in [5, 5.41) is 11.7. The lowest BCUT2D eigenvalue weighted by Crippen LogP contribution is -2.42. The van der Waals surface area contributed by atoms with Crippen LogP contribution in [0.4, 0.5) is 0 Å². The van der Waals surface area contributed by atoms with Crippen molar-refractivity contribution in [3.63, 3.8) is 0 Å². The number of nitrogens with one attached hydrogen (secondary N) is 1. The number of thioether (sulfide) groups is 1. The molecule has 8 heteroatoms. The third-order valence-corrected chi connectivity index (χ3v) is 7.81. The molecule has 3 unspecified atom stereocenters. The van der Waals surface area contributed by atoms with Crippen molar-refractivity contribution in [1.29, 1.82) is 0 Å². The van der Waals surface area contributed by atoms with Gasteiger partial charge in [-0.15, -0.1) is 0 Å². The van der Waals surface area contributed by atoms with E-state index < -0.39 is 23.2 Å². The molecule has 0 saturated carbocycles. The molecule has 3 heterocycles. The first kappa shape index (κ1) is 22.5. The van der Waals surface area contributed by atoms with Crippen molar-refractivity contribution in [1.82, 2.24) is 10.2 Å². The molecule has 1 aromatic carbocycles. The Labute approximate surface area is 192 Å². The Morgan fingerprint density at radius 1 is 1.28 bits per heavy atom. The van der Waals surface area contributed by atoms with Gasteiger partial charge in [0.2, 0.25) is 0 Å². The monoisotopic (exact) mass is 455 g/mol. The van der Waals surface area contributed by atoms with E-state index in [1.807, 2.05) is 6.07 Å². The van der Waals surface area contributed by atoms with Crippen LogP contribution >= 0.6 is 11.8 Å². The van der Waals surface area contributed by atoms with Crippen LogP contribution in [0.15, 0.2) is 52.1 Å². The minimum Gasteiger partial charge on any atom is -0.478 e. The van der Waals surface area contributed by atoms with Crippen LogP contribution in [0.5, 0.6) is 0 Å². The zero-order valence-corrected chi connectivity index (χ0v) is 19.0. The third kappa shape index (κ3) is 4.55. The molecule has 3 aliphatic rings. The number of benzene rings is 1. The highest BCUT2D eigenvalue weighted by Gasteiger charge is 2.45. The number of carboxylic acids is 1. The first-order chi connectivity index (χ1) is 15.3. The standard InChI is InChI=1S/C24H29N3O4S/c1-14(9-10-15-6-3-2-4-7-15)12-17-20-18(16-8-5-11-27(17)13-16)19(24(30)31)23(32-20)26-22(29)21(25)28/h2-4,6-7,14,16,23H,5,8-13H2,1H3,(H2,25,28)(H,26,29)(H,30,31). The molecule has 3 atom stereocenters. The summed E-state index contributed by atoms with van der Waals surface area (Å²) in [6.07, 6.45) is 4.84. The van der Waals surface area contributed by atoms with E-state index in [4.69, 9.17) is 5.73 Å². The Balaban J connectivity index is 1.61. The molecule has 0 aromatic heterocycles. The Morgan fingerprint density at radius 2 is 2.03 bits per heavy atom. The Morgan fingerprint density at radius 3 is 2.72 bits per heavy atom. The van der Waals surface area contributed by atoms with E-state index in [9.17, 15) is 19.5 Å². The normalized spacial score (nSPS) is 23.1. The maximum atomic E-state index is 12.2. The van der Waals surface area contributed by atoms with Gasteiger partial charge in [0.05, 0.1) is 5.57 Å². The number of carbonyl (C=O) groups is 3. The highest BCUT2D eigenvalue weighted by Crippen LogP contribution is 2.52. The minimum atomic E-state index is -1.11. The molecule has 4 rings (SSSR count). The molecule has 1 saturated heterocycles. The molecule has 0 spiro atoms. The van der Waals surface area contributed by atoms with Crippen molar-refractivity contribution in [2.75, 3.05) is 13.1 Å². The average molecular weight is 456 g/mol. The van der Waals surface area contributed by atoms with Gasteiger partial charge in [0.1, 0.15) is 5.37 Å².